The Morgan fingerprint density at radius 2 is 1.81 bits per heavy atom. The standard InChI is InChI=1S/C19H22F3NO4/c1-13(14-2-4-15(5-3-14)19(20,21)22)12-17(24)23(9-6-18(25)26)16-7-10-27-11-8-16/h2-5,12,16H,6-11H2,1H3,(H,25,26)/b13-12+. The number of carbonyl (C=O) groups is 2. The lowest BCUT2D eigenvalue weighted by molar-refractivity contribution is -0.139. The van der Waals surface area contributed by atoms with Gasteiger partial charge in [-0.05, 0) is 43.0 Å². The van der Waals surface area contributed by atoms with Crippen LogP contribution in [0, 0.1) is 0 Å². The van der Waals surface area contributed by atoms with Gasteiger partial charge >= 0.3 is 12.1 Å². The van der Waals surface area contributed by atoms with Gasteiger partial charge in [0.15, 0.2) is 0 Å². The van der Waals surface area contributed by atoms with Crippen LogP contribution in [0.5, 0.6) is 0 Å². The largest absolute Gasteiger partial charge is 0.481 e. The third-order valence-electron chi connectivity index (χ3n) is 4.49. The number of halogens is 3. The molecule has 2 rings (SSSR count). The quantitative estimate of drug-likeness (QED) is 0.760. The van der Waals surface area contributed by atoms with Crippen molar-refractivity contribution in [3.8, 4) is 0 Å². The summed E-state index contributed by atoms with van der Waals surface area (Å²) in [6, 6.07) is 4.47. The van der Waals surface area contributed by atoms with Crippen molar-refractivity contribution in [3.63, 3.8) is 0 Å². The van der Waals surface area contributed by atoms with Gasteiger partial charge in [-0.1, -0.05) is 12.1 Å². The lowest BCUT2D eigenvalue weighted by Crippen LogP contribution is -2.43. The molecule has 1 amide bonds. The van der Waals surface area contributed by atoms with Crippen molar-refractivity contribution in [2.24, 2.45) is 0 Å². The average molecular weight is 385 g/mol. The summed E-state index contributed by atoms with van der Waals surface area (Å²) in [5.74, 6) is -1.34. The summed E-state index contributed by atoms with van der Waals surface area (Å²) < 4.78 is 43.3. The second kappa shape index (κ2) is 9.03. The lowest BCUT2D eigenvalue weighted by atomic mass is 10.0. The SMILES string of the molecule is C/C(=C\C(=O)N(CCC(=O)O)C1CCOCC1)c1ccc(C(F)(F)F)cc1. The molecule has 1 aromatic carbocycles. The molecule has 0 bridgehead atoms. The highest BCUT2D eigenvalue weighted by Crippen LogP contribution is 2.30. The first kappa shape index (κ1) is 21.0. The number of carbonyl (C=O) groups excluding carboxylic acids is 1. The summed E-state index contributed by atoms with van der Waals surface area (Å²) >= 11 is 0. The summed E-state index contributed by atoms with van der Waals surface area (Å²) in [6.45, 7) is 2.72. The second-order valence-corrected chi connectivity index (χ2v) is 6.42. The second-order valence-electron chi connectivity index (χ2n) is 6.42. The molecule has 0 radical (unpaired) electrons. The number of carboxylic acids is 1. The molecule has 0 atom stereocenters. The zero-order chi connectivity index (χ0) is 20.0. The van der Waals surface area contributed by atoms with Gasteiger partial charge in [0.05, 0.1) is 12.0 Å². The van der Waals surface area contributed by atoms with E-state index >= 15 is 0 Å². The van der Waals surface area contributed by atoms with Crippen molar-refractivity contribution in [3.05, 3.63) is 41.5 Å². The lowest BCUT2D eigenvalue weighted by Gasteiger charge is -2.33. The fourth-order valence-electron chi connectivity index (χ4n) is 2.96. The van der Waals surface area contributed by atoms with Crippen LogP contribution in [0.1, 0.15) is 37.3 Å². The highest BCUT2D eigenvalue weighted by atomic mass is 19.4. The summed E-state index contributed by atoms with van der Waals surface area (Å²) in [6.07, 6.45) is -1.99. The predicted molar refractivity (Wildman–Crippen MR) is 92.9 cm³/mol. The van der Waals surface area contributed by atoms with E-state index < -0.39 is 17.7 Å². The van der Waals surface area contributed by atoms with Crippen LogP contribution in [0.15, 0.2) is 30.3 Å². The van der Waals surface area contributed by atoms with E-state index in [2.05, 4.69) is 0 Å². The Morgan fingerprint density at radius 3 is 2.33 bits per heavy atom. The number of aliphatic carboxylic acids is 1. The predicted octanol–water partition coefficient (Wildman–Crippen LogP) is 3.59. The van der Waals surface area contributed by atoms with Crippen LogP contribution in [0.3, 0.4) is 0 Å². The van der Waals surface area contributed by atoms with E-state index in [9.17, 15) is 22.8 Å². The van der Waals surface area contributed by atoms with Gasteiger partial charge in [-0.25, -0.2) is 0 Å². The number of hydrogen-bond acceptors (Lipinski definition) is 3. The maximum absolute atomic E-state index is 12.7. The molecule has 1 aliphatic rings. The highest BCUT2D eigenvalue weighted by Gasteiger charge is 2.30. The Bertz CT molecular complexity index is 692. The van der Waals surface area contributed by atoms with Crippen LogP contribution in [0.4, 0.5) is 13.2 Å². The van der Waals surface area contributed by atoms with Gasteiger partial charge in [0.1, 0.15) is 0 Å². The maximum atomic E-state index is 12.7. The summed E-state index contributed by atoms with van der Waals surface area (Å²) in [5, 5.41) is 8.92. The Labute approximate surface area is 155 Å². The minimum Gasteiger partial charge on any atom is -0.481 e. The molecule has 1 saturated heterocycles. The van der Waals surface area contributed by atoms with Crippen molar-refractivity contribution >= 4 is 17.4 Å². The molecular formula is C19H22F3NO4. The minimum absolute atomic E-state index is 0.0790. The number of nitrogens with zero attached hydrogens (tertiary/aromatic N) is 1. The Hall–Kier alpha value is -2.35. The number of benzene rings is 1. The van der Waals surface area contributed by atoms with Crippen LogP contribution in [0.25, 0.3) is 5.57 Å². The van der Waals surface area contributed by atoms with E-state index in [0.29, 0.717) is 37.2 Å². The van der Waals surface area contributed by atoms with Crippen molar-refractivity contribution in [2.45, 2.75) is 38.4 Å². The van der Waals surface area contributed by atoms with E-state index in [1.54, 1.807) is 6.92 Å². The molecule has 0 aromatic heterocycles. The molecule has 1 heterocycles. The molecule has 1 fully saturated rings. The molecule has 0 spiro atoms. The molecule has 1 aromatic rings. The normalized spacial score (nSPS) is 16.2. The van der Waals surface area contributed by atoms with Gasteiger partial charge in [-0.15, -0.1) is 0 Å². The molecule has 1 aliphatic heterocycles. The summed E-state index contributed by atoms with van der Waals surface area (Å²) in [7, 11) is 0. The molecule has 27 heavy (non-hydrogen) atoms. The summed E-state index contributed by atoms with van der Waals surface area (Å²) in [4.78, 5) is 25.1. The smallest absolute Gasteiger partial charge is 0.416 e. The summed E-state index contributed by atoms with van der Waals surface area (Å²) in [5.41, 5.74) is 0.262. The van der Waals surface area contributed by atoms with Gasteiger partial charge in [-0.3, -0.25) is 9.59 Å². The molecule has 0 saturated carbocycles. The van der Waals surface area contributed by atoms with Gasteiger partial charge in [0, 0.05) is 31.9 Å². The van der Waals surface area contributed by atoms with Crippen LogP contribution >= 0.6 is 0 Å². The number of hydrogen-bond donors (Lipinski definition) is 1. The molecule has 8 heteroatoms. The number of alkyl halides is 3. The zero-order valence-electron chi connectivity index (χ0n) is 15.0. The van der Waals surface area contributed by atoms with Gasteiger partial charge < -0.3 is 14.7 Å². The van der Waals surface area contributed by atoms with Crippen LogP contribution in [-0.4, -0.2) is 47.7 Å². The number of allylic oxidation sites excluding steroid dienone is 1. The average Bonchev–Trinajstić information content (AvgIpc) is 2.62. The zero-order valence-corrected chi connectivity index (χ0v) is 15.0. The molecule has 0 unspecified atom stereocenters. The fraction of sp³-hybridized carbons (Fsp3) is 0.474. The highest BCUT2D eigenvalue weighted by molar-refractivity contribution is 5.95. The molecule has 5 nitrogen and oxygen atoms in total. The molecule has 148 valence electrons. The number of ether oxygens (including phenoxy) is 1. The van der Waals surface area contributed by atoms with Gasteiger partial charge in [0.2, 0.25) is 5.91 Å². The number of carboxylic acid groups (broad SMARTS) is 1. The Balaban J connectivity index is 2.16. The Kier molecular flexibility index (Phi) is 7.01. The molecule has 1 N–H and O–H groups in total. The topological polar surface area (TPSA) is 66.8 Å². The van der Waals surface area contributed by atoms with Crippen LogP contribution < -0.4 is 0 Å². The molecular weight excluding hydrogens is 363 g/mol. The van der Waals surface area contributed by atoms with E-state index in [-0.39, 0.29) is 24.9 Å². The van der Waals surface area contributed by atoms with Crippen molar-refractivity contribution in [2.75, 3.05) is 19.8 Å². The molecule has 0 aliphatic carbocycles. The van der Waals surface area contributed by atoms with E-state index in [0.717, 1.165) is 12.1 Å². The first-order valence-corrected chi connectivity index (χ1v) is 8.64. The van der Waals surface area contributed by atoms with E-state index in [1.165, 1.54) is 23.1 Å². The first-order chi connectivity index (χ1) is 12.7. The van der Waals surface area contributed by atoms with Crippen LogP contribution in [-0.2, 0) is 20.5 Å². The van der Waals surface area contributed by atoms with Gasteiger partial charge in [-0.2, -0.15) is 13.2 Å². The third-order valence-corrected chi connectivity index (χ3v) is 4.49. The van der Waals surface area contributed by atoms with E-state index in [4.69, 9.17) is 9.84 Å². The third kappa shape index (κ3) is 6.09. The maximum Gasteiger partial charge on any atom is 0.416 e. The van der Waals surface area contributed by atoms with Crippen molar-refractivity contribution in [1.29, 1.82) is 0 Å². The van der Waals surface area contributed by atoms with Crippen molar-refractivity contribution in [1.82, 2.24) is 4.90 Å². The van der Waals surface area contributed by atoms with Gasteiger partial charge in [0.25, 0.3) is 0 Å². The minimum atomic E-state index is -4.41. The Morgan fingerprint density at radius 1 is 1.22 bits per heavy atom. The number of amides is 1. The monoisotopic (exact) mass is 385 g/mol. The first-order valence-electron chi connectivity index (χ1n) is 8.64. The van der Waals surface area contributed by atoms with Crippen molar-refractivity contribution < 1.29 is 32.6 Å². The fourth-order valence-corrected chi connectivity index (χ4v) is 2.96. The van der Waals surface area contributed by atoms with E-state index in [1.807, 2.05) is 0 Å². The van der Waals surface area contributed by atoms with Crippen LogP contribution in [0.2, 0.25) is 0 Å². The number of rotatable bonds is 6.